The predicted molar refractivity (Wildman–Crippen MR) is 91.8 cm³/mol. The van der Waals surface area contributed by atoms with Crippen molar-refractivity contribution in [3.8, 4) is 5.75 Å². The van der Waals surface area contributed by atoms with Crippen molar-refractivity contribution in [3.63, 3.8) is 0 Å². The van der Waals surface area contributed by atoms with Crippen molar-refractivity contribution in [1.29, 1.82) is 0 Å². The number of sulfonamides is 1. The first-order valence-electron chi connectivity index (χ1n) is 7.99. The van der Waals surface area contributed by atoms with Crippen molar-refractivity contribution >= 4 is 16.0 Å². The molecule has 1 saturated heterocycles. The first kappa shape index (κ1) is 18.3. The monoisotopic (exact) mass is 379 g/mol. The van der Waals surface area contributed by atoms with Crippen LogP contribution in [0.4, 0.5) is 4.39 Å². The van der Waals surface area contributed by atoms with E-state index in [9.17, 15) is 22.7 Å². The van der Waals surface area contributed by atoms with E-state index in [4.69, 9.17) is 4.74 Å². The van der Waals surface area contributed by atoms with Crippen LogP contribution in [0.5, 0.6) is 5.75 Å². The average Bonchev–Trinajstić information content (AvgIpc) is 3.08. The van der Waals surface area contributed by atoms with E-state index in [1.165, 1.54) is 23.5 Å². The molecule has 0 amide bonds. The second kappa shape index (κ2) is 7.05. The van der Waals surface area contributed by atoms with E-state index in [-0.39, 0.29) is 17.9 Å². The quantitative estimate of drug-likeness (QED) is 0.863. The Balaban J connectivity index is 2.07. The molecule has 138 valence electrons. The number of nitrogens with zero attached hydrogens (tertiary/aromatic N) is 1. The Labute approximate surface area is 150 Å². The highest BCUT2D eigenvalue weighted by Gasteiger charge is 2.45. The molecule has 1 N–H and O–H groups in total. The number of hydrogen-bond donors (Lipinski definition) is 1. The molecule has 8 heteroatoms. The lowest BCUT2D eigenvalue weighted by Crippen LogP contribution is -2.33. The van der Waals surface area contributed by atoms with E-state index in [2.05, 4.69) is 0 Å². The second-order valence-corrected chi connectivity index (χ2v) is 7.92. The number of halogens is 1. The molecule has 2 unspecified atom stereocenters. The maximum atomic E-state index is 13.1. The fourth-order valence-corrected chi connectivity index (χ4v) is 4.92. The molecule has 1 fully saturated rings. The Morgan fingerprint density at radius 3 is 2.54 bits per heavy atom. The van der Waals surface area contributed by atoms with Gasteiger partial charge in [0.25, 0.3) is 0 Å². The van der Waals surface area contributed by atoms with Crippen LogP contribution in [0.1, 0.15) is 18.0 Å². The fraction of sp³-hybridized carbons (Fsp3) is 0.278. The zero-order chi connectivity index (χ0) is 18.9. The summed E-state index contributed by atoms with van der Waals surface area (Å²) in [5.41, 5.74) is 0.542. The molecule has 2 atom stereocenters. The third kappa shape index (κ3) is 3.30. The van der Waals surface area contributed by atoms with Gasteiger partial charge in [0.15, 0.2) is 0 Å². The van der Waals surface area contributed by atoms with E-state index in [0.717, 1.165) is 12.1 Å². The number of hydrogen-bond acceptors (Lipinski definition) is 4. The highest BCUT2D eigenvalue weighted by molar-refractivity contribution is 7.89. The minimum atomic E-state index is -3.98. The molecule has 0 saturated carbocycles. The Kier molecular flexibility index (Phi) is 4.97. The van der Waals surface area contributed by atoms with Gasteiger partial charge in [0, 0.05) is 6.54 Å². The van der Waals surface area contributed by atoms with E-state index in [1.54, 1.807) is 24.3 Å². The SMILES string of the molecule is COc1cccc(C2C(C(=O)O)CCN2S(=O)(=O)c2ccc(F)cc2)c1. The minimum Gasteiger partial charge on any atom is -0.497 e. The predicted octanol–water partition coefficient (Wildman–Crippen LogP) is 2.67. The molecule has 1 aliphatic heterocycles. The molecule has 0 radical (unpaired) electrons. The first-order valence-corrected chi connectivity index (χ1v) is 9.43. The maximum absolute atomic E-state index is 13.1. The van der Waals surface area contributed by atoms with Gasteiger partial charge in [-0.2, -0.15) is 4.31 Å². The summed E-state index contributed by atoms with van der Waals surface area (Å²) in [6, 6.07) is 10.3. The number of rotatable bonds is 5. The Bertz CT molecular complexity index is 913. The lowest BCUT2D eigenvalue weighted by atomic mass is 9.94. The Hall–Kier alpha value is -2.45. The molecule has 0 aromatic heterocycles. The van der Waals surface area contributed by atoms with E-state index < -0.39 is 33.8 Å². The van der Waals surface area contributed by atoms with Gasteiger partial charge >= 0.3 is 5.97 Å². The largest absolute Gasteiger partial charge is 0.497 e. The number of benzene rings is 2. The average molecular weight is 379 g/mol. The van der Waals surface area contributed by atoms with Crippen LogP contribution >= 0.6 is 0 Å². The van der Waals surface area contributed by atoms with Crippen LogP contribution < -0.4 is 4.74 Å². The van der Waals surface area contributed by atoms with Gasteiger partial charge < -0.3 is 9.84 Å². The fourth-order valence-electron chi connectivity index (χ4n) is 3.26. The molecule has 2 aromatic rings. The van der Waals surface area contributed by atoms with Crippen LogP contribution in [0.3, 0.4) is 0 Å². The number of aliphatic carboxylic acids is 1. The van der Waals surface area contributed by atoms with Crippen molar-refractivity contribution in [1.82, 2.24) is 4.31 Å². The zero-order valence-corrected chi connectivity index (χ0v) is 14.8. The first-order chi connectivity index (χ1) is 12.3. The third-order valence-electron chi connectivity index (χ3n) is 4.52. The Morgan fingerprint density at radius 2 is 1.92 bits per heavy atom. The molecular weight excluding hydrogens is 361 g/mol. The number of carboxylic acid groups (broad SMARTS) is 1. The standard InChI is InChI=1S/C18H18FNO5S/c1-25-14-4-2-3-12(11-14)17-16(18(21)22)9-10-20(17)26(23,24)15-7-5-13(19)6-8-15/h2-8,11,16-17H,9-10H2,1H3,(H,21,22). The molecule has 1 heterocycles. The van der Waals surface area contributed by atoms with Crippen molar-refractivity contribution in [3.05, 3.63) is 59.9 Å². The van der Waals surface area contributed by atoms with Gasteiger partial charge in [-0.05, 0) is 48.4 Å². The maximum Gasteiger partial charge on any atom is 0.308 e. The molecule has 1 aliphatic rings. The molecular formula is C18H18FNO5S. The van der Waals surface area contributed by atoms with Crippen molar-refractivity contribution in [2.45, 2.75) is 17.4 Å². The topological polar surface area (TPSA) is 83.9 Å². The van der Waals surface area contributed by atoms with E-state index >= 15 is 0 Å². The summed E-state index contributed by atoms with van der Waals surface area (Å²) >= 11 is 0. The number of ether oxygens (including phenoxy) is 1. The Morgan fingerprint density at radius 1 is 1.23 bits per heavy atom. The van der Waals surface area contributed by atoms with Gasteiger partial charge in [-0.25, -0.2) is 12.8 Å². The van der Waals surface area contributed by atoms with Crippen LogP contribution in [0.15, 0.2) is 53.4 Å². The number of carboxylic acids is 1. The molecule has 2 aromatic carbocycles. The molecule has 3 rings (SSSR count). The van der Waals surface area contributed by atoms with Crippen molar-refractivity contribution in [2.75, 3.05) is 13.7 Å². The van der Waals surface area contributed by atoms with Crippen LogP contribution in [0, 0.1) is 11.7 Å². The zero-order valence-electron chi connectivity index (χ0n) is 14.0. The molecule has 0 aliphatic carbocycles. The summed E-state index contributed by atoms with van der Waals surface area (Å²) in [6.07, 6.45) is 0.192. The normalized spacial score (nSPS) is 20.8. The van der Waals surface area contributed by atoms with Gasteiger partial charge in [-0.15, -0.1) is 0 Å². The summed E-state index contributed by atoms with van der Waals surface area (Å²) in [5.74, 6) is -1.97. The second-order valence-electron chi connectivity index (χ2n) is 6.02. The van der Waals surface area contributed by atoms with Crippen molar-refractivity contribution in [2.24, 2.45) is 5.92 Å². The lowest BCUT2D eigenvalue weighted by molar-refractivity contribution is -0.142. The minimum absolute atomic E-state index is 0.0680. The smallest absolute Gasteiger partial charge is 0.308 e. The summed E-state index contributed by atoms with van der Waals surface area (Å²) in [6.45, 7) is 0.0680. The van der Waals surface area contributed by atoms with Crippen LogP contribution in [-0.2, 0) is 14.8 Å². The van der Waals surface area contributed by atoms with Crippen molar-refractivity contribution < 1.29 is 27.4 Å². The van der Waals surface area contributed by atoms with E-state index in [1.807, 2.05) is 0 Å². The van der Waals surface area contributed by atoms with Gasteiger partial charge in [-0.3, -0.25) is 4.79 Å². The highest BCUT2D eigenvalue weighted by atomic mass is 32.2. The summed E-state index contributed by atoms with van der Waals surface area (Å²) in [4.78, 5) is 11.6. The molecule has 6 nitrogen and oxygen atoms in total. The molecule has 26 heavy (non-hydrogen) atoms. The summed E-state index contributed by atoms with van der Waals surface area (Å²) < 4.78 is 45.6. The summed E-state index contributed by atoms with van der Waals surface area (Å²) in [7, 11) is -2.49. The van der Waals surface area contributed by atoms with Crippen LogP contribution in [-0.4, -0.2) is 37.5 Å². The van der Waals surface area contributed by atoms with E-state index in [0.29, 0.717) is 11.3 Å². The lowest BCUT2D eigenvalue weighted by Gasteiger charge is -2.27. The number of carbonyl (C=O) groups is 1. The highest BCUT2D eigenvalue weighted by Crippen LogP contribution is 2.41. The van der Waals surface area contributed by atoms with Gasteiger partial charge in [-0.1, -0.05) is 12.1 Å². The third-order valence-corrected chi connectivity index (χ3v) is 6.42. The van der Waals surface area contributed by atoms with Crippen LogP contribution in [0.25, 0.3) is 0 Å². The van der Waals surface area contributed by atoms with Gasteiger partial charge in [0.1, 0.15) is 11.6 Å². The van der Waals surface area contributed by atoms with Gasteiger partial charge in [0.05, 0.1) is 24.0 Å². The van der Waals surface area contributed by atoms with Gasteiger partial charge in [0.2, 0.25) is 10.0 Å². The summed E-state index contributed by atoms with van der Waals surface area (Å²) in [5, 5.41) is 9.56. The molecule has 0 spiro atoms. The molecule has 0 bridgehead atoms. The number of methoxy groups -OCH3 is 1. The van der Waals surface area contributed by atoms with Crippen LogP contribution in [0.2, 0.25) is 0 Å².